The van der Waals surface area contributed by atoms with Crippen molar-refractivity contribution in [2.45, 2.75) is 20.3 Å². The van der Waals surface area contributed by atoms with Crippen LogP contribution in [0.1, 0.15) is 26.7 Å². The molecule has 0 aliphatic heterocycles. The van der Waals surface area contributed by atoms with Crippen molar-refractivity contribution in [3.05, 3.63) is 52.2 Å². The second-order valence-corrected chi connectivity index (χ2v) is 7.51. The van der Waals surface area contributed by atoms with Gasteiger partial charge < -0.3 is 18.8 Å². The van der Waals surface area contributed by atoms with Crippen LogP contribution in [0.15, 0.2) is 34.7 Å². The average molecular weight is 401 g/mol. The SMILES string of the molecule is COc1ccc(CCN(C)C(=O)c2sc(-c3ccc(C)o3)nc2C)cc1OC. The van der Waals surface area contributed by atoms with Gasteiger partial charge in [-0.2, -0.15) is 0 Å². The van der Waals surface area contributed by atoms with Crippen molar-refractivity contribution < 1.29 is 18.7 Å². The van der Waals surface area contributed by atoms with Crippen molar-refractivity contribution in [2.24, 2.45) is 0 Å². The van der Waals surface area contributed by atoms with Gasteiger partial charge in [0.1, 0.15) is 10.6 Å². The van der Waals surface area contributed by atoms with Gasteiger partial charge in [-0.1, -0.05) is 6.07 Å². The molecular formula is C21H24N2O4S. The lowest BCUT2D eigenvalue weighted by atomic mass is 10.1. The lowest BCUT2D eigenvalue weighted by molar-refractivity contribution is 0.0800. The van der Waals surface area contributed by atoms with E-state index in [2.05, 4.69) is 4.98 Å². The summed E-state index contributed by atoms with van der Waals surface area (Å²) >= 11 is 1.36. The van der Waals surface area contributed by atoms with E-state index in [4.69, 9.17) is 13.9 Å². The molecule has 0 aliphatic rings. The summed E-state index contributed by atoms with van der Waals surface area (Å²) in [6.07, 6.45) is 0.713. The van der Waals surface area contributed by atoms with Gasteiger partial charge in [-0.25, -0.2) is 4.98 Å². The first kappa shape index (κ1) is 19.9. The minimum atomic E-state index is -0.0370. The Kier molecular flexibility index (Phi) is 6.04. The zero-order valence-corrected chi connectivity index (χ0v) is 17.6. The van der Waals surface area contributed by atoms with Crippen molar-refractivity contribution in [3.8, 4) is 22.3 Å². The van der Waals surface area contributed by atoms with Crippen molar-refractivity contribution in [3.63, 3.8) is 0 Å². The molecule has 0 N–H and O–H groups in total. The highest BCUT2D eigenvalue weighted by molar-refractivity contribution is 7.17. The molecule has 0 spiro atoms. The number of amides is 1. The maximum absolute atomic E-state index is 12.9. The molecule has 148 valence electrons. The van der Waals surface area contributed by atoms with Crippen LogP contribution >= 0.6 is 11.3 Å². The Balaban J connectivity index is 1.69. The Bertz CT molecular complexity index is 977. The summed E-state index contributed by atoms with van der Waals surface area (Å²) in [6, 6.07) is 9.56. The molecule has 2 aromatic heterocycles. The largest absolute Gasteiger partial charge is 0.493 e. The monoisotopic (exact) mass is 400 g/mol. The Morgan fingerprint density at radius 3 is 2.54 bits per heavy atom. The van der Waals surface area contributed by atoms with Gasteiger partial charge in [-0.15, -0.1) is 11.3 Å². The Morgan fingerprint density at radius 1 is 1.14 bits per heavy atom. The van der Waals surface area contributed by atoms with Crippen LogP contribution in [0.3, 0.4) is 0 Å². The first-order chi connectivity index (χ1) is 13.4. The summed E-state index contributed by atoms with van der Waals surface area (Å²) in [7, 11) is 5.03. The summed E-state index contributed by atoms with van der Waals surface area (Å²) in [4.78, 5) is 19.7. The van der Waals surface area contributed by atoms with Crippen LogP contribution in [0.2, 0.25) is 0 Å². The molecule has 0 saturated carbocycles. The maximum Gasteiger partial charge on any atom is 0.265 e. The van der Waals surface area contributed by atoms with Gasteiger partial charge >= 0.3 is 0 Å². The number of benzene rings is 1. The molecule has 6 nitrogen and oxygen atoms in total. The van der Waals surface area contributed by atoms with E-state index in [-0.39, 0.29) is 5.91 Å². The van der Waals surface area contributed by atoms with Gasteiger partial charge in [0.05, 0.1) is 19.9 Å². The molecule has 1 amide bonds. The van der Waals surface area contributed by atoms with Gasteiger partial charge in [0.25, 0.3) is 5.91 Å². The normalized spacial score (nSPS) is 10.8. The Hall–Kier alpha value is -2.80. The fourth-order valence-electron chi connectivity index (χ4n) is 2.86. The first-order valence-corrected chi connectivity index (χ1v) is 9.75. The molecule has 7 heteroatoms. The van der Waals surface area contributed by atoms with E-state index in [9.17, 15) is 4.79 Å². The van der Waals surface area contributed by atoms with E-state index >= 15 is 0 Å². The zero-order chi connectivity index (χ0) is 20.3. The summed E-state index contributed by atoms with van der Waals surface area (Å²) in [5.74, 6) is 2.85. The number of furan rings is 1. The second-order valence-electron chi connectivity index (χ2n) is 6.51. The molecule has 1 aromatic carbocycles. The number of hydrogen-bond acceptors (Lipinski definition) is 6. The van der Waals surface area contributed by atoms with E-state index in [1.807, 2.05) is 44.2 Å². The molecule has 28 heavy (non-hydrogen) atoms. The fraction of sp³-hybridized carbons (Fsp3) is 0.333. The van der Waals surface area contributed by atoms with Crippen LogP contribution in [-0.4, -0.2) is 43.6 Å². The van der Waals surface area contributed by atoms with E-state index < -0.39 is 0 Å². The van der Waals surface area contributed by atoms with Crippen LogP contribution < -0.4 is 9.47 Å². The van der Waals surface area contributed by atoms with Crippen LogP contribution in [0.25, 0.3) is 10.8 Å². The lowest BCUT2D eigenvalue weighted by Gasteiger charge is -2.17. The molecule has 0 aliphatic carbocycles. The molecule has 0 bridgehead atoms. The number of aryl methyl sites for hydroxylation is 2. The summed E-state index contributed by atoms with van der Waals surface area (Å²) in [5.41, 5.74) is 1.79. The van der Waals surface area contributed by atoms with Gasteiger partial charge in [0.15, 0.2) is 22.3 Å². The molecular weight excluding hydrogens is 376 g/mol. The van der Waals surface area contributed by atoms with E-state index in [0.29, 0.717) is 35.1 Å². The van der Waals surface area contributed by atoms with Crippen LogP contribution in [0, 0.1) is 13.8 Å². The maximum atomic E-state index is 12.9. The molecule has 0 radical (unpaired) electrons. The van der Waals surface area contributed by atoms with Gasteiger partial charge in [-0.3, -0.25) is 4.79 Å². The molecule has 0 atom stereocenters. The molecule has 3 aromatic rings. The number of ether oxygens (including phenoxy) is 2. The minimum Gasteiger partial charge on any atom is -0.493 e. The van der Waals surface area contributed by atoms with Crippen molar-refractivity contribution in [1.29, 1.82) is 0 Å². The quantitative estimate of drug-likeness (QED) is 0.590. The average Bonchev–Trinajstić information content (AvgIpc) is 3.30. The predicted molar refractivity (Wildman–Crippen MR) is 110 cm³/mol. The van der Waals surface area contributed by atoms with Crippen LogP contribution in [0.5, 0.6) is 11.5 Å². The third-order valence-corrected chi connectivity index (χ3v) is 5.63. The number of carbonyl (C=O) groups is 1. The number of hydrogen-bond donors (Lipinski definition) is 0. The number of rotatable bonds is 7. The number of carbonyl (C=O) groups excluding carboxylic acids is 1. The highest BCUT2D eigenvalue weighted by atomic mass is 32.1. The third kappa shape index (κ3) is 4.20. The van der Waals surface area contributed by atoms with Crippen LogP contribution in [0.4, 0.5) is 0 Å². The van der Waals surface area contributed by atoms with Crippen molar-refractivity contribution >= 4 is 17.2 Å². The second kappa shape index (κ2) is 8.48. The number of thiazole rings is 1. The van der Waals surface area contributed by atoms with Crippen molar-refractivity contribution in [1.82, 2.24) is 9.88 Å². The molecule has 0 saturated heterocycles. The number of methoxy groups -OCH3 is 2. The topological polar surface area (TPSA) is 64.8 Å². The molecule has 0 fully saturated rings. The summed E-state index contributed by atoms with van der Waals surface area (Å²) in [6.45, 7) is 4.32. The third-order valence-electron chi connectivity index (χ3n) is 4.47. The standard InChI is InChI=1S/C21H24N2O4S/c1-13-6-8-17(27-13)20-22-14(2)19(28-20)21(24)23(3)11-10-15-7-9-16(25-4)18(12-15)26-5/h6-9,12H,10-11H2,1-5H3. The molecule has 2 heterocycles. The Labute approximate surface area is 168 Å². The van der Waals surface area contributed by atoms with E-state index in [0.717, 1.165) is 22.0 Å². The highest BCUT2D eigenvalue weighted by Crippen LogP contribution is 2.30. The lowest BCUT2D eigenvalue weighted by Crippen LogP contribution is -2.28. The van der Waals surface area contributed by atoms with Gasteiger partial charge in [0.2, 0.25) is 0 Å². The summed E-state index contributed by atoms with van der Waals surface area (Å²) in [5, 5.41) is 0.724. The minimum absolute atomic E-state index is 0.0370. The zero-order valence-electron chi connectivity index (χ0n) is 16.7. The first-order valence-electron chi connectivity index (χ1n) is 8.93. The van der Waals surface area contributed by atoms with E-state index in [1.165, 1.54) is 11.3 Å². The molecule has 0 unspecified atom stereocenters. The fourth-order valence-corrected chi connectivity index (χ4v) is 3.88. The predicted octanol–water partition coefficient (Wildman–Crippen LogP) is 4.35. The molecule has 3 rings (SSSR count). The van der Waals surface area contributed by atoms with Gasteiger partial charge in [-0.05, 0) is 50.1 Å². The number of likely N-dealkylation sites (N-methyl/N-ethyl adjacent to an activating group) is 1. The Morgan fingerprint density at radius 2 is 1.89 bits per heavy atom. The number of aromatic nitrogens is 1. The van der Waals surface area contributed by atoms with E-state index in [1.54, 1.807) is 26.2 Å². The van der Waals surface area contributed by atoms with Crippen LogP contribution in [-0.2, 0) is 6.42 Å². The summed E-state index contributed by atoms with van der Waals surface area (Å²) < 4.78 is 16.2. The number of nitrogens with zero attached hydrogens (tertiary/aromatic N) is 2. The highest BCUT2D eigenvalue weighted by Gasteiger charge is 2.20. The van der Waals surface area contributed by atoms with Crippen molar-refractivity contribution in [2.75, 3.05) is 27.8 Å². The smallest absolute Gasteiger partial charge is 0.265 e. The van der Waals surface area contributed by atoms with Gasteiger partial charge in [0, 0.05) is 13.6 Å².